The summed E-state index contributed by atoms with van der Waals surface area (Å²) in [5.74, 6) is 1.91. The largest absolute Gasteiger partial charge is 0.507 e. The summed E-state index contributed by atoms with van der Waals surface area (Å²) in [5, 5.41) is 9.90. The molecule has 4 aliphatic rings. The summed E-state index contributed by atoms with van der Waals surface area (Å²) in [6.45, 7) is 0.848. The van der Waals surface area contributed by atoms with Gasteiger partial charge in [0.1, 0.15) is 5.75 Å². The van der Waals surface area contributed by atoms with Crippen LogP contribution in [0.1, 0.15) is 44.1 Å². The van der Waals surface area contributed by atoms with E-state index in [4.69, 9.17) is 16.6 Å². The molecule has 118 valence electrons. The highest BCUT2D eigenvalue weighted by Crippen LogP contribution is 2.63. The van der Waals surface area contributed by atoms with Crippen molar-refractivity contribution in [1.82, 2.24) is 0 Å². The summed E-state index contributed by atoms with van der Waals surface area (Å²) in [7, 11) is 0. The van der Waals surface area contributed by atoms with Crippen LogP contribution in [0.3, 0.4) is 0 Å². The van der Waals surface area contributed by atoms with E-state index in [-0.39, 0.29) is 10.6 Å². The highest BCUT2D eigenvalue weighted by Gasteiger charge is 2.56. The SMILES string of the molecule is Oc1ccc(Br)cc1C=NCC12CC3CC(CC(Cl)(C3)C1)C2. The third-order valence-electron chi connectivity index (χ3n) is 5.76. The van der Waals surface area contributed by atoms with Gasteiger partial charge in [-0.1, -0.05) is 15.9 Å². The molecular formula is C18H21BrClNO. The minimum Gasteiger partial charge on any atom is -0.507 e. The van der Waals surface area contributed by atoms with Gasteiger partial charge < -0.3 is 5.11 Å². The molecule has 5 rings (SSSR count). The van der Waals surface area contributed by atoms with Gasteiger partial charge >= 0.3 is 0 Å². The van der Waals surface area contributed by atoms with Crippen molar-refractivity contribution in [3.63, 3.8) is 0 Å². The predicted molar refractivity (Wildman–Crippen MR) is 94.0 cm³/mol. The first-order valence-electron chi connectivity index (χ1n) is 8.13. The maximum absolute atomic E-state index is 9.90. The zero-order valence-corrected chi connectivity index (χ0v) is 14.9. The van der Waals surface area contributed by atoms with Gasteiger partial charge in [0.25, 0.3) is 0 Å². The lowest BCUT2D eigenvalue weighted by atomic mass is 9.49. The van der Waals surface area contributed by atoms with Gasteiger partial charge in [-0.05, 0) is 74.0 Å². The van der Waals surface area contributed by atoms with Gasteiger partial charge in [0.2, 0.25) is 0 Å². The summed E-state index contributed by atoms with van der Waals surface area (Å²) < 4.78 is 0.960. The van der Waals surface area contributed by atoms with E-state index in [0.717, 1.165) is 34.8 Å². The molecule has 4 aliphatic carbocycles. The van der Waals surface area contributed by atoms with E-state index in [2.05, 4.69) is 15.9 Å². The van der Waals surface area contributed by atoms with Crippen LogP contribution in [0, 0.1) is 17.3 Å². The number of alkyl halides is 1. The molecule has 22 heavy (non-hydrogen) atoms. The molecule has 0 radical (unpaired) electrons. The maximum Gasteiger partial charge on any atom is 0.124 e. The first-order chi connectivity index (χ1) is 10.5. The number of hydrogen-bond donors (Lipinski definition) is 1. The Kier molecular flexibility index (Phi) is 3.58. The van der Waals surface area contributed by atoms with Gasteiger partial charge in [-0.3, -0.25) is 4.99 Å². The number of phenolic OH excluding ortho intramolecular Hbond substituents is 1. The van der Waals surface area contributed by atoms with Crippen LogP contribution in [0.4, 0.5) is 0 Å². The van der Waals surface area contributed by atoms with Crippen LogP contribution in [0.25, 0.3) is 0 Å². The molecule has 0 heterocycles. The number of aromatic hydroxyl groups is 1. The van der Waals surface area contributed by atoms with Crippen LogP contribution in [0.15, 0.2) is 27.7 Å². The van der Waals surface area contributed by atoms with Gasteiger partial charge in [0.15, 0.2) is 0 Å². The summed E-state index contributed by atoms with van der Waals surface area (Å²) >= 11 is 10.3. The van der Waals surface area contributed by atoms with E-state index < -0.39 is 0 Å². The Morgan fingerprint density at radius 3 is 2.68 bits per heavy atom. The Morgan fingerprint density at radius 2 is 2.00 bits per heavy atom. The average molecular weight is 383 g/mol. The fourth-order valence-corrected chi connectivity index (χ4v) is 6.59. The third kappa shape index (κ3) is 2.71. The molecule has 1 aromatic rings. The summed E-state index contributed by atoms with van der Waals surface area (Å²) in [5.41, 5.74) is 1.09. The minimum atomic E-state index is 0.0531. The second-order valence-electron chi connectivity index (χ2n) is 7.78. The van der Waals surface area contributed by atoms with E-state index in [9.17, 15) is 5.11 Å². The van der Waals surface area contributed by atoms with Crippen LogP contribution in [-0.4, -0.2) is 22.7 Å². The number of rotatable bonds is 3. The molecule has 1 aromatic carbocycles. The number of benzene rings is 1. The zero-order valence-electron chi connectivity index (χ0n) is 12.6. The lowest BCUT2D eigenvalue weighted by Crippen LogP contribution is -2.54. The molecule has 2 atom stereocenters. The number of hydrogen-bond acceptors (Lipinski definition) is 2. The fourth-order valence-electron chi connectivity index (χ4n) is 5.49. The highest BCUT2D eigenvalue weighted by atomic mass is 79.9. The molecule has 2 unspecified atom stereocenters. The molecule has 0 aromatic heterocycles. The molecule has 0 spiro atoms. The predicted octanol–water partition coefficient (Wildman–Crippen LogP) is 5.15. The van der Waals surface area contributed by atoms with Crippen molar-refractivity contribution in [2.24, 2.45) is 22.2 Å². The Balaban J connectivity index is 1.52. The number of aliphatic imine (C=N–C) groups is 1. The number of phenols is 1. The van der Waals surface area contributed by atoms with Gasteiger partial charge in [0.05, 0.1) is 0 Å². The van der Waals surface area contributed by atoms with Crippen molar-refractivity contribution < 1.29 is 5.11 Å². The van der Waals surface area contributed by atoms with Gasteiger partial charge in [-0.2, -0.15) is 0 Å². The fraction of sp³-hybridized carbons (Fsp3) is 0.611. The van der Waals surface area contributed by atoms with Crippen LogP contribution < -0.4 is 0 Å². The van der Waals surface area contributed by atoms with Crippen LogP contribution in [0.5, 0.6) is 5.75 Å². The molecule has 4 heteroatoms. The zero-order chi connectivity index (χ0) is 15.4. The number of nitrogens with zero attached hydrogens (tertiary/aromatic N) is 1. The van der Waals surface area contributed by atoms with Crippen molar-refractivity contribution in [3.05, 3.63) is 28.2 Å². The molecule has 4 bridgehead atoms. The van der Waals surface area contributed by atoms with Crippen LogP contribution >= 0.6 is 27.5 Å². The molecule has 0 amide bonds. The lowest BCUT2D eigenvalue weighted by molar-refractivity contribution is -0.0336. The van der Waals surface area contributed by atoms with Gasteiger partial charge in [-0.15, -0.1) is 11.6 Å². The molecule has 4 saturated carbocycles. The lowest BCUT2D eigenvalue weighted by Gasteiger charge is -2.59. The first kappa shape index (κ1) is 15.0. The Labute approximate surface area is 145 Å². The molecular weight excluding hydrogens is 362 g/mol. The quantitative estimate of drug-likeness (QED) is 0.569. The highest BCUT2D eigenvalue weighted by molar-refractivity contribution is 9.10. The smallest absolute Gasteiger partial charge is 0.124 e. The Morgan fingerprint density at radius 1 is 1.27 bits per heavy atom. The van der Waals surface area contributed by atoms with E-state index in [1.165, 1.54) is 32.1 Å². The molecule has 1 N–H and O–H groups in total. The number of halogens is 2. The van der Waals surface area contributed by atoms with E-state index in [1.54, 1.807) is 6.07 Å². The van der Waals surface area contributed by atoms with Crippen molar-refractivity contribution in [3.8, 4) is 5.75 Å². The van der Waals surface area contributed by atoms with Crippen molar-refractivity contribution in [2.45, 2.75) is 43.4 Å². The normalized spacial score (nSPS) is 39.7. The standard InChI is InChI=1S/C18H21BrClNO/c19-15-1-2-16(22)14(4-15)9-21-11-17-5-12-3-13(6-17)8-18(20,7-12)10-17/h1-2,4,9,12-13,22H,3,5-8,10-11H2. The molecule has 0 aliphatic heterocycles. The summed E-state index contributed by atoms with van der Waals surface area (Å²) in [6.07, 6.45) is 9.33. The van der Waals surface area contributed by atoms with Gasteiger partial charge in [0, 0.05) is 27.7 Å². The molecule has 2 nitrogen and oxygen atoms in total. The van der Waals surface area contributed by atoms with Crippen LogP contribution in [0.2, 0.25) is 0 Å². The van der Waals surface area contributed by atoms with Crippen molar-refractivity contribution >= 4 is 33.7 Å². The summed E-state index contributed by atoms with van der Waals surface area (Å²) in [6, 6.07) is 5.44. The second kappa shape index (κ2) is 5.24. The van der Waals surface area contributed by atoms with E-state index in [1.807, 2.05) is 18.3 Å². The topological polar surface area (TPSA) is 32.6 Å². The van der Waals surface area contributed by atoms with E-state index >= 15 is 0 Å². The van der Waals surface area contributed by atoms with Crippen molar-refractivity contribution in [1.29, 1.82) is 0 Å². The minimum absolute atomic E-state index is 0.0531. The molecule has 0 saturated heterocycles. The monoisotopic (exact) mass is 381 g/mol. The van der Waals surface area contributed by atoms with Gasteiger partial charge in [-0.25, -0.2) is 0 Å². The second-order valence-corrected chi connectivity index (χ2v) is 9.50. The molecule has 4 fully saturated rings. The Bertz CT molecular complexity index is 616. The Hall–Kier alpha value is -0.540. The van der Waals surface area contributed by atoms with Crippen molar-refractivity contribution in [2.75, 3.05) is 6.54 Å². The first-order valence-corrected chi connectivity index (χ1v) is 9.30. The summed E-state index contributed by atoms with van der Waals surface area (Å²) in [4.78, 5) is 4.75. The average Bonchev–Trinajstić information content (AvgIpc) is 2.39. The van der Waals surface area contributed by atoms with Crippen LogP contribution in [-0.2, 0) is 0 Å². The van der Waals surface area contributed by atoms with E-state index in [0.29, 0.717) is 5.41 Å². The maximum atomic E-state index is 9.90. The third-order valence-corrected chi connectivity index (χ3v) is 6.69.